The van der Waals surface area contributed by atoms with Gasteiger partial charge in [-0.2, -0.15) is 0 Å². The first-order chi connectivity index (χ1) is 28.2. The fourth-order valence-corrected chi connectivity index (χ4v) is 8.85. The van der Waals surface area contributed by atoms with Crippen LogP contribution in [0.4, 0.5) is 0 Å². The molecule has 3 heterocycles. The second-order valence-corrected chi connectivity index (χ2v) is 13.9. The van der Waals surface area contributed by atoms with Crippen molar-refractivity contribution in [2.75, 3.05) is 0 Å². The van der Waals surface area contributed by atoms with Crippen molar-refractivity contribution in [1.82, 2.24) is 9.13 Å². The van der Waals surface area contributed by atoms with E-state index in [1.54, 1.807) is 15.9 Å². The number of aromatic nitrogens is 2. The maximum Gasteiger partial charge on any atom is 0.0645 e. The van der Waals surface area contributed by atoms with Gasteiger partial charge < -0.3 is 9.13 Å². The van der Waals surface area contributed by atoms with E-state index in [4.69, 9.17) is 4.11 Å². The fraction of sp³-hybridized carbons (Fsp3) is 0. The van der Waals surface area contributed by atoms with Crippen molar-refractivity contribution < 1.29 is 9.60 Å². The molecule has 238 valence electrons. The Morgan fingerprint density at radius 1 is 0.412 bits per heavy atom. The highest BCUT2D eigenvalue weighted by atomic mass is 32.1. The normalized spacial score (nSPS) is 13.8. The molecule has 8 aromatic carbocycles. The number of benzene rings is 8. The van der Waals surface area contributed by atoms with Crippen molar-refractivity contribution in [3.63, 3.8) is 0 Å². The zero-order chi connectivity index (χ0) is 39.6. The third-order valence-electron chi connectivity index (χ3n) is 9.96. The van der Waals surface area contributed by atoms with Gasteiger partial charge in [0.1, 0.15) is 0 Å². The highest BCUT2D eigenvalue weighted by molar-refractivity contribution is 7.25. The molecule has 0 aliphatic rings. The van der Waals surface area contributed by atoms with Crippen molar-refractivity contribution in [2.45, 2.75) is 0 Å². The minimum absolute atomic E-state index is 0.0675. The van der Waals surface area contributed by atoms with E-state index in [1.807, 2.05) is 84.9 Å². The van der Waals surface area contributed by atoms with Crippen LogP contribution in [0.15, 0.2) is 182 Å². The van der Waals surface area contributed by atoms with Gasteiger partial charge in [0.05, 0.1) is 31.7 Å². The van der Waals surface area contributed by atoms with Crippen LogP contribution in [0.3, 0.4) is 0 Å². The summed E-state index contributed by atoms with van der Waals surface area (Å²) in [6.45, 7) is 0. The number of nitrogens with zero attached hydrogens (tertiary/aromatic N) is 2. The average molecular weight is 674 g/mol. The Kier molecular flexibility index (Phi) is 4.84. The largest absolute Gasteiger partial charge is 0.309 e. The van der Waals surface area contributed by atoms with Gasteiger partial charge in [-0.05, 0) is 88.9 Å². The molecule has 0 radical (unpaired) electrons. The summed E-state index contributed by atoms with van der Waals surface area (Å²) in [7, 11) is 0. The van der Waals surface area contributed by atoms with Crippen LogP contribution in [0.2, 0.25) is 0 Å². The van der Waals surface area contributed by atoms with Crippen LogP contribution in [0, 0.1) is 0 Å². The Morgan fingerprint density at radius 2 is 1.18 bits per heavy atom. The van der Waals surface area contributed by atoms with Crippen molar-refractivity contribution in [2.24, 2.45) is 0 Å². The minimum atomic E-state index is -0.414. The van der Waals surface area contributed by atoms with E-state index in [0.717, 1.165) is 58.8 Å². The molecule has 0 bridgehead atoms. The summed E-state index contributed by atoms with van der Waals surface area (Å²) in [5, 5.41) is 4.48. The number of thiophene rings is 1. The van der Waals surface area contributed by atoms with Crippen molar-refractivity contribution >= 4 is 75.1 Å². The Morgan fingerprint density at radius 3 is 2.08 bits per heavy atom. The maximum atomic E-state index is 9.88. The molecule has 0 spiro atoms. The molecule has 3 heteroatoms. The quantitative estimate of drug-likeness (QED) is 0.176. The van der Waals surface area contributed by atoms with Gasteiger partial charge in [-0.3, -0.25) is 0 Å². The molecule has 2 nitrogen and oxygen atoms in total. The lowest BCUT2D eigenvalue weighted by Crippen LogP contribution is -1.93. The minimum Gasteiger partial charge on any atom is -0.309 e. The van der Waals surface area contributed by atoms with Crippen molar-refractivity contribution in [3.8, 4) is 33.6 Å². The van der Waals surface area contributed by atoms with E-state index in [1.165, 1.54) is 0 Å². The van der Waals surface area contributed by atoms with Gasteiger partial charge in [0, 0.05) is 53.1 Å². The summed E-state index contributed by atoms with van der Waals surface area (Å²) in [6.07, 6.45) is 0. The molecule has 0 unspecified atom stereocenters. The molecule has 0 N–H and O–H groups in total. The van der Waals surface area contributed by atoms with Gasteiger partial charge in [0.25, 0.3) is 0 Å². The van der Waals surface area contributed by atoms with Gasteiger partial charge in [0.15, 0.2) is 0 Å². The van der Waals surface area contributed by atoms with Gasteiger partial charge in [-0.1, -0.05) is 115 Å². The Balaban J connectivity index is 1.24. The molecule has 0 atom stereocenters. The predicted molar refractivity (Wildman–Crippen MR) is 219 cm³/mol. The van der Waals surface area contributed by atoms with E-state index in [0.29, 0.717) is 11.3 Å². The summed E-state index contributed by atoms with van der Waals surface area (Å²) < 4.78 is 70.8. The first kappa shape index (κ1) is 22.3. The molecule has 0 fully saturated rings. The second kappa shape index (κ2) is 11.0. The molecule has 11 aromatic rings. The molecule has 0 saturated carbocycles. The lowest BCUT2D eigenvalue weighted by atomic mass is 9.97. The predicted octanol–water partition coefficient (Wildman–Crippen LogP) is 13.6. The van der Waals surface area contributed by atoms with E-state index >= 15 is 0 Å². The SMILES string of the molecule is [2H]c1c([2H])c([2H])c2c(c1[2H])c1c([2H])c(-c3ccc4c(c3)c3c(-c5ccccc5)cccc3n4-c3ccccc3)c([2H])c([2H])c1n2-c1ccc2c(c1)sc1ccccc12. The Hall–Kier alpha value is -6.42. The van der Waals surface area contributed by atoms with Crippen LogP contribution in [-0.2, 0) is 0 Å². The molecule has 51 heavy (non-hydrogen) atoms. The number of hydrogen-bond donors (Lipinski definition) is 0. The number of para-hydroxylation sites is 2. The lowest BCUT2D eigenvalue weighted by Gasteiger charge is -2.09. The number of fused-ring (bicyclic) bond motifs is 9. The maximum absolute atomic E-state index is 9.88. The van der Waals surface area contributed by atoms with Crippen LogP contribution in [-0.4, -0.2) is 9.13 Å². The van der Waals surface area contributed by atoms with Crippen molar-refractivity contribution in [1.29, 1.82) is 0 Å². The first-order valence-electron chi connectivity index (χ1n) is 20.4. The van der Waals surface area contributed by atoms with Gasteiger partial charge in [-0.25, -0.2) is 0 Å². The van der Waals surface area contributed by atoms with Crippen LogP contribution in [0.5, 0.6) is 0 Å². The highest BCUT2D eigenvalue weighted by Crippen LogP contribution is 2.42. The lowest BCUT2D eigenvalue weighted by molar-refractivity contribution is 1.18. The van der Waals surface area contributed by atoms with Crippen LogP contribution >= 0.6 is 11.3 Å². The van der Waals surface area contributed by atoms with E-state index < -0.39 is 12.1 Å². The summed E-state index contributed by atoms with van der Waals surface area (Å²) in [4.78, 5) is 0. The molecule has 0 saturated heterocycles. The highest BCUT2D eigenvalue weighted by Gasteiger charge is 2.18. The zero-order valence-corrected chi connectivity index (χ0v) is 27.9. The third kappa shape index (κ3) is 4.29. The Bertz CT molecular complexity index is 3530. The smallest absolute Gasteiger partial charge is 0.0645 e. The second-order valence-electron chi connectivity index (χ2n) is 12.8. The van der Waals surface area contributed by atoms with Crippen LogP contribution in [0.1, 0.15) is 9.60 Å². The molecule has 0 amide bonds. The summed E-state index contributed by atoms with van der Waals surface area (Å²) in [5.41, 5.74) is 6.80. The summed E-state index contributed by atoms with van der Waals surface area (Å²) in [6, 6.07) is 44.8. The van der Waals surface area contributed by atoms with Crippen molar-refractivity contribution in [3.05, 3.63) is 182 Å². The third-order valence-corrected chi connectivity index (χ3v) is 11.1. The summed E-state index contributed by atoms with van der Waals surface area (Å²) >= 11 is 1.62. The zero-order valence-electron chi connectivity index (χ0n) is 34.1. The van der Waals surface area contributed by atoms with Crippen LogP contribution < -0.4 is 0 Å². The molecule has 0 aliphatic heterocycles. The van der Waals surface area contributed by atoms with E-state index in [-0.39, 0.29) is 57.6 Å². The van der Waals surface area contributed by atoms with Gasteiger partial charge >= 0.3 is 0 Å². The topological polar surface area (TPSA) is 9.86 Å². The Labute approximate surface area is 308 Å². The number of rotatable bonds is 4. The van der Waals surface area contributed by atoms with Gasteiger partial charge in [-0.15, -0.1) is 11.3 Å². The van der Waals surface area contributed by atoms with E-state index in [9.17, 15) is 5.48 Å². The summed E-state index contributed by atoms with van der Waals surface area (Å²) in [5.74, 6) is 0. The van der Waals surface area contributed by atoms with E-state index in [2.05, 4.69) is 59.2 Å². The monoisotopic (exact) mass is 673 g/mol. The fourth-order valence-electron chi connectivity index (χ4n) is 7.71. The molecular formula is C48H30N2S. The average Bonchev–Trinajstić information content (AvgIpc) is 3.93. The number of hydrogen-bond acceptors (Lipinski definition) is 1. The first-order valence-corrected chi connectivity index (χ1v) is 17.7. The molecular weight excluding hydrogens is 637 g/mol. The molecule has 11 rings (SSSR count). The molecule has 3 aromatic heterocycles. The standard InChI is InChI=1S/C48H30N2S/c1-3-12-31(13-4-1)36-18-11-20-45-48(36)41-29-33(23-27-44(41)49(45)34-14-5-2-6-15-34)32-22-26-43-40(28-32)37-16-7-9-19-42(37)50(43)35-24-25-39-38-17-8-10-21-46(38)51-47(39)30-35/h1-30H/i7D,9D,16D,19D,22D,26D,28D. The molecule has 0 aliphatic carbocycles. The van der Waals surface area contributed by atoms with Gasteiger partial charge in [0.2, 0.25) is 0 Å². The van der Waals surface area contributed by atoms with Crippen LogP contribution in [0.25, 0.3) is 97.4 Å².